The van der Waals surface area contributed by atoms with Gasteiger partial charge in [0.05, 0.1) is 12.0 Å². The van der Waals surface area contributed by atoms with E-state index in [0.717, 1.165) is 15.3 Å². The lowest BCUT2D eigenvalue weighted by Gasteiger charge is -2.13. The Morgan fingerprint density at radius 1 is 1.39 bits per heavy atom. The van der Waals surface area contributed by atoms with Gasteiger partial charge in [-0.3, -0.25) is 9.36 Å². The number of aliphatic hydroxyl groups excluding tert-OH is 1. The van der Waals surface area contributed by atoms with Gasteiger partial charge in [-0.15, -0.1) is 22.7 Å². The molecule has 3 heterocycles. The highest BCUT2D eigenvalue weighted by atomic mass is 32.2. The molecule has 0 saturated carbocycles. The number of nitrogens with zero attached hydrogens (tertiary/aromatic N) is 2. The minimum atomic E-state index is 0.0220. The number of thiophene rings is 2. The second-order valence-electron chi connectivity index (χ2n) is 5.58. The van der Waals surface area contributed by atoms with Gasteiger partial charge in [0.15, 0.2) is 5.16 Å². The molecular formula is C16H18N2O2S3. The molecule has 0 atom stereocenters. The number of aliphatic hydroxyl groups is 1. The Bertz CT molecular complexity index is 850. The van der Waals surface area contributed by atoms with Crippen molar-refractivity contribution >= 4 is 44.7 Å². The Kier molecular flexibility index (Phi) is 5.21. The van der Waals surface area contributed by atoms with Gasteiger partial charge < -0.3 is 5.11 Å². The average molecular weight is 367 g/mol. The Morgan fingerprint density at radius 3 is 2.87 bits per heavy atom. The van der Waals surface area contributed by atoms with Crippen molar-refractivity contribution in [2.24, 2.45) is 5.92 Å². The van der Waals surface area contributed by atoms with E-state index in [1.807, 2.05) is 22.9 Å². The standard InChI is InChI=1S/C16H18N2O2S3/c1-10(2)8-18-15(20)13-11(12-4-3-6-21-12)9-23-14(13)17-16(18)22-7-5-19/h3-4,6,9-10,19H,5,7-8H2,1-2H3. The first-order valence-corrected chi connectivity index (χ1v) is 10.2. The molecule has 3 aromatic rings. The Balaban J connectivity index is 2.20. The van der Waals surface area contributed by atoms with Crippen LogP contribution < -0.4 is 5.56 Å². The molecule has 3 rings (SSSR count). The quantitative estimate of drug-likeness (QED) is 0.530. The minimum Gasteiger partial charge on any atom is -0.396 e. The summed E-state index contributed by atoms with van der Waals surface area (Å²) in [5.74, 6) is 0.892. The highest BCUT2D eigenvalue weighted by molar-refractivity contribution is 7.99. The second-order valence-corrected chi connectivity index (χ2v) is 8.45. The fourth-order valence-electron chi connectivity index (χ4n) is 2.39. The molecular weight excluding hydrogens is 348 g/mol. The van der Waals surface area contributed by atoms with Gasteiger partial charge in [0.1, 0.15) is 4.83 Å². The first-order valence-electron chi connectivity index (χ1n) is 7.41. The monoisotopic (exact) mass is 366 g/mol. The van der Waals surface area contributed by atoms with Crippen molar-refractivity contribution in [3.63, 3.8) is 0 Å². The molecule has 3 aromatic heterocycles. The summed E-state index contributed by atoms with van der Waals surface area (Å²) in [5, 5.41) is 14.5. The zero-order chi connectivity index (χ0) is 16.4. The molecule has 0 aliphatic carbocycles. The van der Waals surface area contributed by atoms with E-state index in [2.05, 4.69) is 13.8 Å². The Labute approximate surface area is 146 Å². The predicted octanol–water partition coefficient (Wildman–Crippen LogP) is 3.93. The van der Waals surface area contributed by atoms with Crippen LogP contribution in [0.2, 0.25) is 0 Å². The van der Waals surface area contributed by atoms with Crippen LogP contribution >= 0.6 is 34.4 Å². The van der Waals surface area contributed by atoms with E-state index in [1.54, 1.807) is 15.9 Å². The van der Waals surface area contributed by atoms with Gasteiger partial charge in [-0.25, -0.2) is 4.98 Å². The number of fused-ring (bicyclic) bond motifs is 1. The maximum absolute atomic E-state index is 13.1. The van der Waals surface area contributed by atoms with Gasteiger partial charge in [-0.2, -0.15) is 0 Å². The van der Waals surface area contributed by atoms with Crippen LogP contribution in [0.15, 0.2) is 32.8 Å². The van der Waals surface area contributed by atoms with Crippen molar-refractivity contribution < 1.29 is 5.11 Å². The lowest BCUT2D eigenvalue weighted by Crippen LogP contribution is -2.25. The summed E-state index contributed by atoms with van der Waals surface area (Å²) >= 11 is 4.58. The lowest BCUT2D eigenvalue weighted by molar-refractivity contribution is 0.322. The molecule has 0 aliphatic heterocycles. The van der Waals surface area contributed by atoms with E-state index in [4.69, 9.17) is 10.1 Å². The summed E-state index contributed by atoms with van der Waals surface area (Å²) in [6.45, 7) is 4.89. The van der Waals surface area contributed by atoms with Crippen LogP contribution in [0.1, 0.15) is 13.8 Å². The van der Waals surface area contributed by atoms with Gasteiger partial charge >= 0.3 is 0 Å². The molecule has 122 valence electrons. The maximum atomic E-state index is 13.1. The van der Waals surface area contributed by atoms with Crippen LogP contribution in [0.5, 0.6) is 0 Å². The summed E-state index contributed by atoms with van der Waals surface area (Å²) in [7, 11) is 0. The van der Waals surface area contributed by atoms with Crippen molar-refractivity contribution in [3.05, 3.63) is 33.2 Å². The maximum Gasteiger partial charge on any atom is 0.263 e. The first-order chi connectivity index (χ1) is 11.1. The number of aromatic nitrogens is 2. The van der Waals surface area contributed by atoms with Crippen LogP contribution in [0.4, 0.5) is 0 Å². The van der Waals surface area contributed by atoms with Crippen LogP contribution in [0, 0.1) is 5.92 Å². The van der Waals surface area contributed by atoms with Crippen molar-refractivity contribution in [1.29, 1.82) is 0 Å². The molecule has 0 aliphatic rings. The topological polar surface area (TPSA) is 55.1 Å². The van der Waals surface area contributed by atoms with Crippen molar-refractivity contribution in [2.45, 2.75) is 25.5 Å². The predicted molar refractivity (Wildman–Crippen MR) is 99.8 cm³/mol. The summed E-state index contributed by atoms with van der Waals surface area (Å²) in [5.41, 5.74) is 1.00. The molecule has 0 saturated heterocycles. The Morgan fingerprint density at radius 2 is 2.22 bits per heavy atom. The summed E-state index contributed by atoms with van der Waals surface area (Å²) in [4.78, 5) is 19.7. The molecule has 0 aromatic carbocycles. The van der Waals surface area contributed by atoms with Crippen molar-refractivity contribution in [1.82, 2.24) is 9.55 Å². The van der Waals surface area contributed by atoms with Crippen molar-refractivity contribution in [2.75, 3.05) is 12.4 Å². The van der Waals surface area contributed by atoms with Gasteiger partial charge in [0.25, 0.3) is 5.56 Å². The van der Waals surface area contributed by atoms with Gasteiger partial charge in [0, 0.05) is 28.1 Å². The molecule has 0 amide bonds. The highest BCUT2D eigenvalue weighted by Crippen LogP contribution is 2.34. The van der Waals surface area contributed by atoms with Crippen LogP contribution in [0.25, 0.3) is 20.7 Å². The molecule has 23 heavy (non-hydrogen) atoms. The third-order valence-electron chi connectivity index (χ3n) is 3.32. The fraction of sp³-hybridized carbons (Fsp3) is 0.375. The Hall–Kier alpha value is -1.15. The number of hydrogen-bond donors (Lipinski definition) is 1. The van der Waals surface area contributed by atoms with E-state index < -0.39 is 0 Å². The van der Waals surface area contributed by atoms with Crippen LogP contribution in [-0.2, 0) is 6.54 Å². The zero-order valence-corrected chi connectivity index (χ0v) is 15.4. The lowest BCUT2D eigenvalue weighted by atomic mass is 10.2. The average Bonchev–Trinajstić information content (AvgIpc) is 3.16. The molecule has 7 heteroatoms. The molecule has 0 radical (unpaired) electrons. The second kappa shape index (κ2) is 7.17. The summed E-state index contributed by atoms with van der Waals surface area (Å²) in [6.07, 6.45) is 0. The number of hydrogen-bond acceptors (Lipinski definition) is 6. The van der Waals surface area contributed by atoms with Gasteiger partial charge in [-0.05, 0) is 17.4 Å². The zero-order valence-electron chi connectivity index (χ0n) is 13.0. The molecule has 1 N–H and O–H groups in total. The van der Waals surface area contributed by atoms with Crippen LogP contribution in [0.3, 0.4) is 0 Å². The van der Waals surface area contributed by atoms with E-state index in [0.29, 0.717) is 28.8 Å². The summed E-state index contributed by atoms with van der Waals surface area (Å²) < 4.78 is 1.76. The molecule has 0 fully saturated rings. The third-order valence-corrected chi connectivity index (χ3v) is 6.05. The van der Waals surface area contributed by atoms with E-state index >= 15 is 0 Å². The number of thioether (sulfide) groups is 1. The largest absolute Gasteiger partial charge is 0.396 e. The molecule has 0 bridgehead atoms. The minimum absolute atomic E-state index is 0.0220. The van der Waals surface area contributed by atoms with E-state index in [1.165, 1.54) is 23.1 Å². The SMILES string of the molecule is CC(C)Cn1c(SCCO)nc2scc(-c3cccs3)c2c1=O. The molecule has 0 unspecified atom stereocenters. The van der Waals surface area contributed by atoms with Crippen molar-refractivity contribution in [3.8, 4) is 10.4 Å². The van der Waals surface area contributed by atoms with Gasteiger partial charge in [-0.1, -0.05) is 31.7 Å². The van der Waals surface area contributed by atoms with Crippen LogP contribution in [-0.4, -0.2) is 27.0 Å². The smallest absolute Gasteiger partial charge is 0.263 e. The molecule has 4 nitrogen and oxygen atoms in total. The highest BCUT2D eigenvalue weighted by Gasteiger charge is 2.18. The van der Waals surface area contributed by atoms with E-state index in [-0.39, 0.29) is 12.2 Å². The third kappa shape index (κ3) is 3.38. The number of rotatable bonds is 6. The first kappa shape index (κ1) is 16.7. The fourth-order valence-corrected chi connectivity index (χ4v) is 4.94. The van der Waals surface area contributed by atoms with E-state index in [9.17, 15) is 4.79 Å². The normalized spacial score (nSPS) is 11.7. The van der Waals surface area contributed by atoms with Gasteiger partial charge in [0.2, 0.25) is 0 Å². The molecule has 0 spiro atoms. The summed E-state index contributed by atoms with van der Waals surface area (Å²) in [6, 6.07) is 4.03.